The lowest BCUT2D eigenvalue weighted by molar-refractivity contribution is 0.102. The Labute approximate surface area is 123 Å². The molecule has 0 atom stereocenters. The summed E-state index contributed by atoms with van der Waals surface area (Å²) in [6.45, 7) is 3.67. The van der Waals surface area contributed by atoms with Crippen molar-refractivity contribution < 1.29 is 9.18 Å². The molecule has 0 bridgehead atoms. The molecule has 0 saturated heterocycles. The van der Waals surface area contributed by atoms with Crippen LogP contribution in [-0.4, -0.2) is 25.5 Å². The standard InChI is InChI=1S/C13H12FN5OS/c1-3-10-17-18-13(21-10)16-12(20)11-7(2)15-9-5-4-8(14)6-19(9)11/h4-6H,3H2,1-2H3,(H,16,18,20). The number of hydrogen-bond acceptors (Lipinski definition) is 5. The lowest BCUT2D eigenvalue weighted by atomic mass is 10.3. The van der Waals surface area contributed by atoms with Crippen molar-refractivity contribution in [2.75, 3.05) is 5.32 Å². The number of imidazole rings is 1. The SMILES string of the molecule is CCc1nnc(NC(=O)c2c(C)nc3ccc(F)cn23)s1. The molecule has 108 valence electrons. The number of carbonyl (C=O) groups is 1. The fourth-order valence-corrected chi connectivity index (χ4v) is 2.69. The molecular formula is C13H12FN5OS. The molecule has 21 heavy (non-hydrogen) atoms. The monoisotopic (exact) mass is 305 g/mol. The van der Waals surface area contributed by atoms with E-state index in [1.54, 1.807) is 6.92 Å². The molecule has 0 radical (unpaired) electrons. The highest BCUT2D eigenvalue weighted by molar-refractivity contribution is 7.15. The number of carbonyl (C=O) groups excluding carboxylic acids is 1. The maximum absolute atomic E-state index is 13.4. The molecular weight excluding hydrogens is 293 g/mol. The van der Waals surface area contributed by atoms with Gasteiger partial charge in [-0.2, -0.15) is 0 Å². The highest BCUT2D eigenvalue weighted by Gasteiger charge is 2.18. The third-order valence-electron chi connectivity index (χ3n) is 2.96. The number of amides is 1. The zero-order valence-corrected chi connectivity index (χ0v) is 12.2. The zero-order chi connectivity index (χ0) is 15.0. The third kappa shape index (κ3) is 2.49. The number of halogens is 1. The van der Waals surface area contributed by atoms with Crippen LogP contribution < -0.4 is 5.32 Å². The van der Waals surface area contributed by atoms with E-state index in [0.29, 0.717) is 16.5 Å². The van der Waals surface area contributed by atoms with Gasteiger partial charge in [0.05, 0.1) is 5.69 Å². The maximum atomic E-state index is 13.4. The van der Waals surface area contributed by atoms with Gasteiger partial charge in [0.2, 0.25) is 5.13 Å². The second kappa shape index (κ2) is 5.21. The Balaban J connectivity index is 1.97. The number of hydrogen-bond donors (Lipinski definition) is 1. The van der Waals surface area contributed by atoms with E-state index in [1.165, 1.54) is 34.1 Å². The van der Waals surface area contributed by atoms with E-state index in [9.17, 15) is 9.18 Å². The molecule has 0 unspecified atom stereocenters. The van der Waals surface area contributed by atoms with Crippen LogP contribution in [-0.2, 0) is 6.42 Å². The number of nitrogens with one attached hydrogen (secondary N) is 1. The summed E-state index contributed by atoms with van der Waals surface area (Å²) in [4.78, 5) is 16.6. The summed E-state index contributed by atoms with van der Waals surface area (Å²) < 4.78 is 14.8. The molecule has 0 spiro atoms. The Bertz CT molecular complexity index is 825. The molecule has 0 aliphatic carbocycles. The summed E-state index contributed by atoms with van der Waals surface area (Å²) >= 11 is 1.31. The first-order valence-corrected chi connectivity index (χ1v) is 7.18. The van der Waals surface area contributed by atoms with Crippen LogP contribution in [0.3, 0.4) is 0 Å². The van der Waals surface area contributed by atoms with Crippen molar-refractivity contribution >= 4 is 28.0 Å². The van der Waals surface area contributed by atoms with E-state index < -0.39 is 5.82 Å². The van der Waals surface area contributed by atoms with Gasteiger partial charge in [-0.25, -0.2) is 9.37 Å². The smallest absolute Gasteiger partial charge is 0.276 e. The van der Waals surface area contributed by atoms with Gasteiger partial charge in [0.1, 0.15) is 22.2 Å². The van der Waals surface area contributed by atoms with Gasteiger partial charge in [-0.15, -0.1) is 10.2 Å². The molecule has 3 aromatic heterocycles. The maximum Gasteiger partial charge on any atom is 0.276 e. The van der Waals surface area contributed by atoms with Crippen molar-refractivity contribution in [3.8, 4) is 0 Å². The van der Waals surface area contributed by atoms with Crippen LogP contribution in [0.4, 0.5) is 9.52 Å². The summed E-state index contributed by atoms with van der Waals surface area (Å²) in [5.74, 6) is -0.817. The lowest BCUT2D eigenvalue weighted by Gasteiger charge is -2.02. The first kappa shape index (κ1) is 13.6. The molecule has 1 amide bonds. The molecule has 1 N–H and O–H groups in total. The number of nitrogens with zero attached hydrogens (tertiary/aromatic N) is 4. The molecule has 0 aromatic carbocycles. The molecule has 0 aliphatic rings. The van der Waals surface area contributed by atoms with Crippen LogP contribution in [0.5, 0.6) is 0 Å². The average molecular weight is 305 g/mol. The molecule has 0 saturated carbocycles. The third-order valence-corrected chi connectivity index (χ3v) is 3.94. The summed E-state index contributed by atoms with van der Waals surface area (Å²) in [6.07, 6.45) is 2.00. The van der Waals surface area contributed by atoms with Gasteiger partial charge in [0.15, 0.2) is 0 Å². The van der Waals surface area contributed by atoms with Gasteiger partial charge in [-0.3, -0.25) is 14.5 Å². The van der Waals surface area contributed by atoms with Crippen LogP contribution in [0.1, 0.15) is 28.1 Å². The number of aromatic nitrogens is 4. The van der Waals surface area contributed by atoms with Crippen LogP contribution in [0, 0.1) is 12.7 Å². The topological polar surface area (TPSA) is 72.2 Å². The van der Waals surface area contributed by atoms with Crippen molar-refractivity contribution in [2.24, 2.45) is 0 Å². The first-order valence-electron chi connectivity index (χ1n) is 6.36. The van der Waals surface area contributed by atoms with Crippen molar-refractivity contribution in [3.05, 3.63) is 40.5 Å². The molecule has 0 aliphatic heterocycles. The minimum absolute atomic E-state index is 0.290. The van der Waals surface area contributed by atoms with Gasteiger partial charge in [0, 0.05) is 6.20 Å². The predicted octanol–water partition coefficient (Wildman–Crippen LogP) is 2.45. The van der Waals surface area contributed by atoms with E-state index in [0.717, 1.165) is 11.4 Å². The number of fused-ring (bicyclic) bond motifs is 1. The molecule has 3 aromatic rings. The van der Waals surface area contributed by atoms with Crippen molar-refractivity contribution in [2.45, 2.75) is 20.3 Å². The second-order valence-corrected chi connectivity index (χ2v) is 5.49. The van der Waals surface area contributed by atoms with E-state index in [4.69, 9.17) is 0 Å². The Hall–Kier alpha value is -2.35. The van der Waals surface area contributed by atoms with E-state index in [2.05, 4.69) is 20.5 Å². The molecule has 3 rings (SSSR count). The van der Waals surface area contributed by atoms with Crippen LogP contribution in [0.15, 0.2) is 18.3 Å². The normalized spacial score (nSPS) is 11.0. The summed E-state index contributed by atoms with van der Waals surface area (Å²) in [5, 5.41) is 11.8. The molecule has 8 heteroatoms. The average Bonchev–Trinajstić information content (AvgIpc) is 3.01. The number of anilines is 1. The molecule has 6 nitrogen and oxygen atoms in total. The van der Waals surface area contributed by atoms with Gasteiger partial charge >= 0.3 is 0 Å². The number of pyridine rings is 1. The van der Waals surface area contributed by atoms with Crippen LogP contribution >= 0.6 is 11.3 Å². The fourth-order valence-electron chi connectivity index (χ4n) is 2.01. The summed E-state index contributed by atoms with van der Waals surface area (Å²) in [5.41, 5.74) is 1.33. The summed E-state index contributed by atoms with van der Waals surface area (Å²) in [7, 11) is 0. The van der Waals surface area contributed by atoms with Gasteiger partial charge in [0.25, 0.3) is 5.91 Å². The quantitative estimate of drug-likeness (QED) is 0.806. The Morgan fingerprint density at radius 1 is 1.43 bits per heavy atom. The Kier molecular flexibility index (Phi) is 3.38. The zero-order valence-electron chi connectivity index (χ0n) is 11.4. The largest absolute Gasteiger partial charge is 0.295 e. The second-order valence-electron chi connectivity index (χ2n) is 4.43. The van der Waals surface area contributed by atoms with Crippen LogP contribution in [0.25, 0.3) is 5.65 Å². The number of rotatable bonds is 3. The van der Waals surface area contributed by atoms with Crippen molar-refractivity contribution in [1.82, 2.24) is 19.6 Å². The predicted molar refractivity (Wildman–Crippen MR) is 77.1 cm³/mol. The van der Waals surface area contributed by atoms with Gasteiger partial charge in [-0.05, 0) is 25.5 Å². The summed E-state index contributed by atoms with van der Waals surface area (Å²) in [6, 6.07) is 2.83. The van der Waals surface area contributed by atoms with Crippen LogP contribution in [0.2, 0.25) is 0 Å². The minimum Gasteiger partial charge on any atom is -0.295 e. The molecule has 3 heterocycles. The van der Waals surface area contributed by atoms with Crippen molar-refractivity contribution in [1.29, 1.82) is 0 Å². The lowest BCUT2D eigenvalue weighted by Crippen LogP contribution is -2.15. The number of aryl methyl sites for hydroxylation is 2. The minimum atomic E-state index is -0.432. The van der Waals surface area contributed by atoms with Crippen molar-refractivity contribution in [3.63, 3.8) is 0 Å². The Morgan fingerprint density at radius 2 is 2.24 bits per heavy atom. The van der Waals surface area contributed by atoms with Gasteiger partial charge in [-0.1, -0.05) is 18.3 Å². The highest BCUT2D eigenvalue weighted by Crippen LogP contribution is 2.18. The first-order chi connectivity index (χ1) is 10.1. The Morgan fingerprint density at radius 3 is 2.95 bits per heavy atom. The van der Waals surface area contributed by atoms with E-state index in [-0.39, 0.29) is 11.6 Å². The van der Waals surface area contributed by atoms with E-state index >= 15 is 0 Å². The fraction of sp³-hybridized carbons (Fsp3) is 0.231. The molecule has 0 fully saturated rings. The van der Waals surface area contributed by atoms with Gasteiger partial charge < -0.3 is 0 Å². The van der Waals surface area contributed by atoms with E-state index in [1.807, 2.05) is 6.92 Å². The highest BCUT2D eigenvalue weighted by atomic mass is 32.1.